The summed E-state index contributed by atoms with van der Waals surface area (Å²) in [5.41, 5.74) is 1.50. The second kappa shape index (κ2) is 8.70. The fourth-order valence-electron chi connectivity index (χ4n) is 3.27. The molecule has 0 saturated carbocycles. The van der Waals surface area contributed by atoms with Gasteiger partial charge in [0, 0.05) is 15.6 Å². The first-order valence-electron chi connectivity index (χ1n) is 9.26. The fraction of sp³-hybridized carbons (Fsp3) is 0.136. The highest BCUT2D eigenvalue weighted by Gasteiger charge is 2.21. The van der Waals surface area contributed by atoms with Gasteiger partial charge in [0.25, 0.3) is 11.5 Å². The van der Waals surface area contributed by atoms with Crippen LogP contribution in [0.2, 0.25) is 10.0 Å². The van der Waals surface area contributed by atoms with Gasteiger partial charge in [-0.2, -0.15) is 0 Å². The van der Waals surface area contributed by atoms with Gasteiger partial charge in [-0.25, -0.2) is 4.98 Å². The quantitative estimate of drug-likeness (QED) is 0.422. The van der Waals surface area contributed by atoms with E-state index in [1.54, 1.807) is 43.3 Å². The number of nitrogens with zero attached hydrogens (tertiary/aromatic N) is 2. The molecule has 4 rings (SSSR count). The third kappa shape index (κ3) is 4.04. The Morgan fingerprint density at radius 3 is 2.58 bits per heavy atom. The Bertz CT molecular complexity index is 1340. The summed E-state index contributed by atoms with van der Waals surface area (Å²) in [5.74, 6) is 0.219. The van der Waals surface area contributed by atoms with E-state index in [1.807, 2.05) is 6.07 Å². The fourth-order valence-corrected chi connectivity index (χ4v) is 4.82. The van der Waals surface area contributed by atoms with Gasteiger partial charge in [-0.1, -0.05) is 41.4 Å². The molecular weight excluding hydrogens is 457 g/mol. The van der Waals surface area contributed by atoms with Crippen LogP contribution in [0.5, 0.6) is 5.75 Å². The topological polar surface area (TPSA) is 73.2 Å². The van der Waals surface area contributed by atoms with Crippen molar-refractivity contribution in [2.45, 2.75) is 13.5 Å². The summed E-state index contributed by atoms with van der Waals surface area (Å²) in [7, 11) is 1.54. The molecule has 0 aliphatic heterocycles. The van der Waals surface area contributed by atoms with Gasteiger partial charge >= 0.3 is 0 Å². The third-order valence-electron chi connectivity index (χ3n) is 4.87. The zero-order chi connectivity index (χ0) is 22.1. The minimum atomic E-state index is -0.329. The van der Waals surface area contributed by atoms with Gasteiger partial charge in [0.2, 0.25) is 0 Å². The Kier molecular flexibility index (Phi) is 6.00. The third-order valence-corrected chi connectivity index (χ3v) is 6.78. The summed E-state index contributed by atoms with van der Waals surface area (Å²) < 4.78 is 6.72. The predicted molar refractivity (Wildman–Crippen MR) is 125 cm³/mol. The smallest absolute Gasteiger partial charge is 0.266 e. The summed E-state index contributed by atoms with van der Waals surface area (Å²) >= 11 is 13.7. The first-order chi connectivity index (χ1) is 14.9. The first-order valence-corrected chi connectivity index (χ1v) is 10.8. The molecule has 6 nitrogen and oxygen atoms in total. The van der Waals surface area contributed by atoms with E-state index in [9.17, 15) is 9.59 Å². The van der Waals surface area contributed by atoms with Gasteiger partial charge in [-0.3, -0.25) is 14.2 Å². The highest BCUT2D eigenvalue weighted by atomic mass is 35.5. The number of anilines is 1. The number of aryl methyl sites for hydroxylation is 1. The Labute approximate surface area is 192 Å². The van der Waals surface area contributed by atoms with Crippen molar-refractivity contribution in [3.05, 3.63) is 85.2 Å². The molecule has 31 heavy (non-hydrogen) atoms. The van der Waals surface area contributed by atoms with E-state index < -0.39 is 0 Å². The number of carbonyl (C=O) groups excluding carboxylic acids is 1. The van der Waals surface area contributed by atoms with Crippen LogP contribution in [0, 0.1) is 6.92 Å². The van der Waals surface area contributed by atoms with Crippen molar-refractivity contribution in [3.8, 4) is 5.75 Å². The molecule has 0 bridgehead atoms. The number of aromatic nitrogens is 2. The van der Waals surface area contributed by atoms with E-state index in [2.05, 4.69) is 10.3 Å². The maximum Gasteiger partial charge on any atom is 0.266 e. The molecule has 2 aromatic carbocycles. The van der Waals surface area contributed by atoms with E-state index in [-0.39, 0.29) is 18.0 Å². The Hall–Kier alpha value is -2.87. The number of para-hydroxylation sites is 2. The van der Waals surface area contributed by atoms with E-state index in [0.717, 1.165) is 0 Å². The van der Waals surface area contributed by atoms with Gasteiger partial charge in [0.1, 0.15) is 10.6 Å². The van der Waals surface area contributed by atoms with Crippen molar-refractivity contribution in [2.75, 3.05) is 12.4 Å². The zero-order valence-electron chi connectivity index (χ0n) is 16.6. The maximum atomic E-state index is 13.2. The van der Waals surface area contributed by atoms with Gasteiger partial charge in [0.05, 0.1) is 35.9 Å². The number of nitrogens with one attached hydrogen (secondary N) is 1. The molecule has 0 atom stereocenters. The normalized spacial score (nSPS) is 11.0. The van der Waals surface area contributed by atoms with Crippen molar-refractivity contribution in [1.82, 2.24) is 9.55 Å². The van der Waals surface area contributed by atoms with Gasteiger partial charge in [-0.15, -0.1) is 11.3 Å². The van der Waals surface area contributed by atoms with Crippen LogP contribution in [0.25, 0.3) is 10.2 Å². The average molecular weight is 474 g/mol. The molecule has 0 saturated heterocycles. The van der Waals surface area contributed by atoms with Gasteiger partial charge < -0.3 is 10.1 Å². The van der Waals surface area contributed by atoms with Crippen molar-refractivity contribution < 1.29 is 9.53 Å². The van der Waals surface area contributed by atoms with Gasteiger partial charge in [0.15, 0.2) is 0 Å². The van der Waals surface area contributed by atoms with Gasteiger partial charge in [-0.05, 0) is 36.8 Å². The summed E-state index contributed by atoms with van der Waals surface area (Å²) in [6, 6.07) is 12.3. The molecule has 0 spiro atoms. The van der Waals surface area contributed by atoms with E-state index in [1.165, 1.54) is 29.3 Å². The summed E-state index contributed by atoms with van der Waals surface area (Å²) in [6.07, 6.45) is 1.45. The molecule has 2 heterocycles. The number of benzene rings is 2. The number of rotatable bonds is 5. The van der Waals surface area contributed by atoms with Crippen LogP contribution in [0.3, 0.4) is 0 Å². The Balaban J connectivity index is 1.72. The molecule has 4 aromatic rings. The lowest BCUT2D eigenvalue weighted by atomic mass is 10.2. The molecule has 9 heteroatoms. The lowest BCUT2D eigenvalue weighted by molar-refractivity contribution is 0.102. The van der Waals surface area contributed by atoms with E-state index >= 15 is 0 Å². The molecule has 2 aromatic heterocycles. The molecule has 1 amide bonds. The zero-order valence-corrected chi connectivity index (χ0v) is 18.9. The first kappa shape index (κ1) is 21.4. The number of methoxy groups -OCH3 is 1. The van der Waals surface area contributed by atoms with Crippen LogP contribution in [-0.2, 0) is 6.54 Å². The Morgan fingerprint density at radius 1 is 1.16 bits per heavy atom. The molecule has 0 fully saturated rings. The summed E-state index contributed by atoms with van der Waals surface area (Å²) in [5, 5.41) is 4.19. The standard InChI is InChI=1S/C22H17Cl2N3O3S/c1-12-18-21(31-19(12)20(28)26-16-8-3-4-9-17(16)30-2)25-11-27(22(18)29)10-13-14(23)6-5-7-15(13)24/h3-9,11H,10H2,1-2H3,(H,26,28). The van der Waals surface area contributed by atoms with E-state index in [0.29, 0.717) is 47.7 Å². The second-order valence-corrected chi connectivity index (χ2v) is 8.58. The highest BCUT2D eigenvalue weighted by Crippen LogP contribution is 2.30. The number of amides is 1. The number of halogens is 2. The minimum absolute atomic E-state index is 0.179. The van der Waals surface area contributed by atoms with Crippen LogP contribution in [0.15, 0.2) is 53.6 Å². The molecule has 0 radical (unpaired) electrons. The molecule has 0 aliphatic rings. The van der Waals surface area contributed by atoms with Crippen LogP contribution in [0.1, 0.15) is 20.8 Å². The second-order valence-electron chi connectivity index (χ2n) is 6.77. The van der Waals surface area contributed by atoms with Crippen LogP contribution >= 0.6 is 34.5 Å². The van der Waals surface area contributed by atoms with Crippen LogP contribution < -0.4 is 15.6 Å². The lowest BCUT2D eigenvalue weighted by Crippen LogP contribution is -2.21. The number of fused-ring (bicyclic) bond motifs is 1. The van der Waals surface area contributed by atoms with Crippen molar-refractivity contribution in [2.24, 2.45) is 0 Å². The average Bonchev–Trinajstić information content (AvgIpc) is 3.10. The summed E-state index contributed by atoms with van der Waals surface area (Å²) in [6.45, 7) is 1.92. The molecule has 1 N–H and O–H groups in total. The lowest BCUT2D eigenvalue weighted by Gasteiger charge is -2.09. The number of hydrogen-bond donors (Lipinski definition) is 1. The molecule has 0 aliphatic carbocycles. The van der Waals surface area contributed by atoms with Crippen molar-refractivity contribution in [1.29, 1.82) is 0 Å². The summed E-state index contributed by atoms with van der Waals surface area (Å²) in [4.78, 5) is 31.4. The molecular formula is C22H17Cl2N3O3S. The largest absolute Gasteiger partial charge is 0.495 e. The molecule has 158 valence electrons. The predicted octanol–water partition coefficient (Wildman–Crippen LogP) is 5.38. The minimum Gasteiger partial charge on any atom is -0.495 e. The maximum absolute atomic E-state index is 13.2. The Morgan fingerprint density at radius 2 is 1.87 bits per heavy atom. The van der Waals surface area contributed by atoms with Crippen molar-refractivity contribution in [3.63, 3.8) is 0 Å². The van der Waals surface area contributed by atoms with Crippen molar-refractivity contribution >= 4 is 56.3 Å². The van der Waals surface area contributed by atoms with E-state index in [4.69, 9.17) is 27.9 Å². The molecule has 0 unspecified atom stereocenters. The highest BCUT2D eigenvalue weighted by molar-refractivity contribution is 7.20. The number of thiophene rings is 1. The number of carbonyl (C=O) groups is 1. The van der Waals surface area contributed by atoms with Crippen LogP contribution in [0.4, 0.5) is 5.69 Å². The van der Waals surface area contributed by atoms with Crippen LogP contribution in [-0.4, -0.2) is 22.6 Å². The number of ether oxygens (including phenoxy) is 1. The SMILES string of the molecule is COc1ccccc1NC(=O)c1sc2ncn(Cc3c(Cl)cccc3Cl)c(=O)c2c1C. The number of hydrogen-bond acceptors (Lipinski definition) is 5. The monoisotopic (exact) mass is 473 g/mol.